The number of carbonyl (C=O) groups is 2. The molecule has 0 unspecified atom stereocenters. The van der Waals surface area contributed by atoms with Crippen molar-refractivity contribution in [1.29, 1.82) is 0 Å². The van der Waals surface area contributed by atoms with Crippen LogP contribution in [0.25, 0.3) is 0 Å². The van der Waals surface area contributed by atoms with Crippen LogP contribution in [0.15, 0.2) is 36.4 Å². The highest BCUT2D eigenvalue weighted by atomic mass is 19.1. The van der Waals surface area contributed by atoms with Crippen molar-refractivity contribution in [3.8, 4) is 11.5 Å². The molecule has 0 aliphatic heterocycles. The summed E-state index contributed by atoms with van der Waals surface area (Å²) < 4.78 is 28.8. The van der Waals surface area contributed by atoms with Gasteiger partial charge in [0, 0.05) is 18.2 Å². The maximum Gasteiger partial charge on any atom is 0.306 e. The Morgan fingerprint density at radius 1 is 1.13 bits per heavy atom. The molecule has 0 radical (unpaired) electrons. The van der Waals surface area contributed by atoms with Gasteiger partial charge in [0.25, 0.3) is 5.91 Å². The molecule has 0 aliphatic rings. The van der Waals surface area contributed by atoms with Crippen molar-refractivity contribution in [3.05, 3.63) is 57.9 Å². The molecule has 0 fully saturated rings. The van der Waals surface area contributed by atoms with Crippen LogP contribution in [0, 0.1) is 15.9 Å². The third kappa shape index (κ3) is 5.90. The molecule has 0 aromatic heterocycles. The Balaban J connectivity index is 1.90. The predicted octanol–water partition coefficient (Wildman–Crippen LogP) is 3.25. The van der Waals surface area contributed by atoms with Gasteiger partial charge in [0.05, 0.1) is 19.1 Å². The first-order valence-electron chi connectivity index (χ1n) is 8.90. The monoisotopic (exact) mass is 420 g/mol. The van der Waals surface area contributed by atoms with Gasteiger partial charge in [-0.3, -0.25) is 19.7 Å². The first-order chi connectivity index (χ1) is 14.2. The van der Waals surface area contributed by atoms with Gasteiger partial charge in [-0.2, -0.15) is 4.39 Å². The van der Waals surface area contributed by atoms with Gasteiger partial charge in [-0.25, -0.2) is 0 Å². The van der Waals surface area contributed by atoms with Gasteiger partial charge in [0.1, 0.15) is 0 Å². The van der Waals surface area contributed by atoms with Crippen LogP contribution in [0.5, 0.6) is 11.5 Å². The number of benzene rings is 2. The summed E-state index contributed by atoms with van der Waals surface area (Å²) in [5.74, 6) is -1.22. The van der Waals surface area contributed by atoms with E-state index in [1.54, 1.807) is 18.2 Å². The van der Waals surface area contributed by atoms with E-state index < -0.39 is 34.4 Å². The van der Waals surface area contributed by atoms with E-state index in [0.29, 0.717) is 17.9 Å². The van der Waals surface area contributed by atoms with Crippen molar-refractivity contribution < 1.29 is 33.1 Å². The number of esters is 1. The molecular weight excluding hydrogens is 399 g/mol. The Morgan fingerprint density at radius 3 is 2.47 bits per heavy atom. The average Bonchev–Trinajstić information content (AvgIpc) is 2.72. The van der Waals surface area contributed by atoms with Crippen LogP contribution in [-0.4, -0.2) is 37.1 Å². The zero-order chi connectivity index (χ0) is 22.3. The molecule has 0 bridgehead atoms. The fourth-order valence-electron chi connectivity index (χ4n) is 2.57. The second kappa shape index (κ2) is 10.2. The van der Waals surface area contributed by atoms with E-state index in [4.69, 9.17) is 14.2 Å². The van der Waals surface area contributed by atoms with Crippen molar-refractivity contribution >= 4 is 23.3 Å². The van der Waals surface area contributed by atoms with Crippen molar-refractivity contribution in [1.82, 2.24) is 0 Å². The highest BCUT2D eigenvalue weighted by Gasteiger charge is 2.20. The van der Waals surface area contributed by atoms with Crippen LogP contribution in [0.2, 0.25) is 0 Å². The highest BCUT2D eigenvalue weighted by molar-refractivity contribution is 5.95. The molecule has 160 valence electrons. The second-order valence-electron chi connectivity index (χ2n) is 6.23. The van der Waals surface area contributed by atoms with Gasteiger partial charge in [0.15, 0.2) is 17.6 Å². The maximum atomic E-state index is 13.4. The Bertz CT molecular complexity index is 949. The predicted molar refractivity (Wildman–Crippen MR) is 105 cm³/mol. The molecule has 9 nitrogen and oxygen atoms in total. The summed E-state index contributed by atoms with van der Waals surface area (Å²) in [6, 6.07) is 8.17. The van der Waals surface area contributed by atoms with E-state index in [2.05, 4.69) is 5.32 Å². The molecule has 10 heteroatoms. The quantitative estimate of drug-likeness (QED) is 0.376. The molecule has 2 aromatic carbocycles. The molecule has 0 heterocycles. The van der Waals surface area contributed by atoms with E-state index in [0.717, 1.165) is 17.7 Å². The molecule has 0 spiro atoms. The zero-order valence-corrected chi connectivity index (χ0v) is 16.6. The molecular formula is C20H21FN2O7. The van der Waals surface area contributed by atoms with Crippen LogP contribution in [-0.2, 0) is 20.7 Å². The molecule has 2 aromatic rings. The summed E-state index contributed by atoms with van der Waals surface area (Å²) in [4.78, 5) is 34.1. The molecule has 0 saturated heterocycles. The number of nitrogens with zero attached hydrogens (tertiary/aromatic N) is 1. The Kier molecular flexibility index (Phi) is 7.68. The van der Waals surface area contributed by atoms with Crippen molar-refractivity contribution in [2.75, 3.05) is 19.5 Å². The second-order valence-corrected chi connectivity index (χ2v) is 6.23. The van der Waals surface area contributed by atoms with Gasteiger partial charge < -0.3 is 19.5 Å². The summed E-state index contributed by atoms with van der Waals surface area (Å²) in [7, 11) is 3.03. The molecule has 0 saturated carbocycles. The summed E-state index contributed by atoms with van der Waals surface area (Å²) in [5, 5.41) is 13.1. The summed E-state index contributed by atoms with van der Waals surface area (Å²) in [6.45, 7) is 1.36. The first kappa shape index (κ1) is 22.6. The third-order valence-corrected chi connectivity index (χ3v) is 4.15. The zero-order valence-electron chi connectivity index (χ0n) is 16.6. The Hall–Kier alpha value is -3.69. The van der Waals surface area contributed by atoms with Crippen LogP contribution in [0.3, 0.4) is 0 Å². The standard InChI is InChI=1S/C20H21FN2O7/c1-12(20(25)22-14-6-7-15(21)16(11-14)23(26)27)30-19(24)9-5-13-4-8-17(28-2)18(10-13)29-3/h4,6-8,10-12H,5,9H2,1-3H3,(H,22,25)/t12-/m1/s1. The smallest absolute Gasteiger partial charge is 0.306 e. The number of aryl methyl sites for hydroxylation is 1. The number of anilines is 1. The Morgan fingerprint density at radius 2 is 1.83 bits per heavy atom. The minimum Gasteiger partial charge on any atom is -0.493 e. The number of nitro benzene ring substituents is 1. The number of rotatable bonds is 9. The van der Waals surface area contributed by atoms with Crippen LogP contribution >= 0.6 is 0 Å². The number of amides is 1. The molecule has 2 rings (SSSR count). The van der Waals surface area contributed by atoms with Gasteiger partial charge in [-0.05, 0) is 43.2 Å². The number of hydrogen-bond donors (Lipinski definition) is 1. The number of halogens is 1. The summed E-state index contributed by atoms with van der Waals surface area (Å²) >= 11 is 0. The maximum absolute atomic E-state index is 13.4. The lowest BCUT2D eigenvalue weighted by atomic mass is 10.1. The van der Waals surface area contributed by atoms with Crippen molar-refractivity contribution in [2.24, 2.45) is 0 Å². The van der Waals surface area contributed by atoms with Crippen LogP contribution in [0.4, 0.5) is 15.8 Å². The van der Waals surface area contributed by atoms with Gasteiger partial charge in [-0.15, -0.1) is 0 Å². The normalized spacial score (nSPS) is 11.3. The van der Waals surface area contributed by atoms with Gasteiger partial charge in [0.2, 0.25) is 5.82 Å². The van der Waals surface area contributed by atoms with E-state index in [1.807, 2.05) is 0 Å². The van der Waals surface area contributed by atoms with E-state index in [1.165, 1.54) is 27.2 Å². The topological polar surface area (TPSA) is 117 Å². The largest absolute Gasteiger partial charge is 0.493 e. The Labute approximate surface area is 171 Å². The van der Waals surface area contributed by atoms with E-state index in [9.17, 15) is 24.1 Å². The lowest BCUT2D eigenvalue weighted by molar-refractivity contribution is -0.387. The average molecular weight is 420 g/mol. The minimum absolute atomic E-state index is 0.0151. The fraction of sp³-hybridized carbons (Fsp3) is 0.300. The number of carbonyl (C=O) groups excluding carboxylic acids is 2. The molecule has 0 aliphatic carbocycles. The fourth-order valence-corrected chi connectivity index (χ4v) is 2.57. The minimum atomic E-state index is -1.15. The third-order valence-electron chi connectivity index (χ3n) is 4.15. The SMILES string of the molecule is COc1ccc(CCC(=O)O[C@H](C)C(=O)Nc2ccc(F)c([N+](=O)[O-])c2)cc1OC. The van der Waals surface area contributed by atoms with Crippen molar-refractivity contribution in [3.63, 3.8) is 0 Å². The summed E-state index contributed by atoms with van der Waals surface area (Å²) in [6.07, 6.45) is -0.765. The number of nitro groups is 1. The highest BCUT2D eigenvalue weighted by Crippen LogP contribution is 2.28. The van der Waals surface area contributed by atoms with Crippen LogP contribution in [0.1, 0.15) is 18.9 Å². The number of hydrogen-bond acceptors (Lipinski definition) is 7. The molecule has 30 heavy (non-hydrogen) atoms. The summed E-state index contributed by atoms with van der Waals surface area (Å²) in [5.41, 5.74) is 0.0639. The number of nitrogens with one attached hydrogen (secondary N) is 1. The number of ether oxygens (including phenoxy) is 3. The van der Waals surface area contributed by atoms with E-state index in [-0.39, 0.29) is 12.1 Å². The first-order valence-corrected chi connectivity index (χ1v) is 8.90. The lowest BCUT2D eigenvalue weighted by Crippen LogP contribution is -2.30. The molecule has 1 amide bonds. The van der Waals surface area contributed by atoms with Gasteiger partial charge >= 0.3 is 11.7 Å². The molecule has 1 atom stereocenters. The van der Waals surface area contributed by atoms with E-state index >= 15 is 0 Å². The van der Waals surface area contributed by atoms with Gasteiger partial charge in [-0.1, -0.05) is 6.07 Å². The lowest BCUT2D eigenvalue weighted by Gasteiger charge is -2.14. The number of methoxy groups -OCH3 is 2. The van der Waals surface area contributed by atoms with Crippen molar-refractivity contribution in [2.45, 2.75) is 25.9 Å². The molecule has 1 N–H and O–H groups in total. The van der Waals surface area contributed by atoms with Crippen LogP contribution < -0.4 is 14.8 Å².